The molecule has 2 rings (SSSR count). The third-order valence-electron chi connectivity index (χ3n) is 3.18. The second-order valence-corrected chi connectivity index (χ2v) is 4.64. The fourth-order valence-electron chi connectivity index (χ4n) is 1.97. The van der Waals surface area contributed by atoms with Crippen LogP contribution in [0.25, 0.3) is 6.08 Å². The van der Waals surface area contributed by atoms with Crippen LogP contribution in [-0.4, -0.2) is 29.0 Å². The van der Waals surface area contributed by atoms with Crippen LogP contribution in [0.15, 0.2) is 46.3 Å². The highest BCUT2D eigenvalue weighted by atomic mass is 16.1. The second-order valence-electron chi connectivity index (χ2n) is 4.64. The lowest BCUT2D eigenvalue weighted by Crippen LogP contribution is -2.14. The van der Waals surface area contributed by atoms with Gasteiger partial charge in [-0.15, -0.1) is 5.11 Å². The molecule has 2 aromatic rings. The maximum atomic E-state index is 12.4. The van der Waals surface area contributed by atoms with Crippen molar-refractivity contribution in [3.8, 4) is 0 Å². The van der Waals surface area contributed by atoms with Gasteiger partial charge in [0.05, 0.1) is 17.5 Å². The molecular weight excluding hydrogens is 294 g/mol. The van der Waals surface area contributed by atoms with Crippen molar-refractivity contribution in [3.63, 3.8) is 0 Å². The highest BCUT2D eigenvalue weighted by molar-refractivity contribution is 6.07. The average molecular weight is 313 g/mol. The summed E-state index contributed by atoms with van der Waals surface area (Å²) in [5, 5.41) is 20.5. The molecule has 8 nitrogen and oxygen atoms in total. The topological polar surface area (TPSA) is 121 Å². The van der Waals surface area contributed by atoms with Crippen molar-refractivity contribution < 1.29 is 6.22 Å². The van der Waals surface area contributed by atoms with Gasteiger partial charge >= 0.3 is 0 Å². The van der Waals surface area contributed by atoms with Gasteiger partial charge in [-0.1, -0.05) is 18.7 Å². The molecule has 0 bridgehead atoms. The summed E-state index contributed by atoms with van der Waals surface area (Å²) in [7, 11) is 1.53. The van der Waals surface area contributed by atoms with Crippen molar-refractivity contribution in [2.45, 2.75) is 6.92 Å². The molecular formula is C15H19N7O. The SMILES string of the molecule is C=Cc1[nH]ncc1C(=O)Nc1cc(/C(N=NC)=N/N)ccc1C.[HH]. The molecule has 1 aromatic carbocycles. The number of hydrazone groups is 1. The summed E-state index contributed by atoms with van der Waals surface area (Å²) in [6, 6.07) is 5.38. The van der Waals surface area contributed by atoms with Crippen LogP contribution >= 0.6 is 0 Å². The first-order chi connectivity index (χ1) is 11.1. The molecule has 0 atom stereocenters. The number of azo groups is 1. The standard InChI is InChI=1S/C15H17N7O.H2/c1-4-12-11(8-18-21-12)15(23)19-13-7-10(6-5-9(13)2)14(20-16)22-17-3;/h4-8H,1,16H2,2-3H3,(H,18,21)(H,19,23);1H/b20-14-,22-17?;. The molecule has 8 heteroatoms. The molecule has 0 fully saturated rings. The zero-order valence-electron chi connectivity index (χ0n) is 12.9. The molecule has 0 aliphatic carbocycles. The number of amidine groups is 1. The Morgan fingerprint density at radius 1 is 1.52 bits per heavy atom. The molecule has 23 heavy (non-hydrogen) atoms. The number of H-pyrrole nitrogens is 1. The predicted octanol–water partition coefficient (Wildman–Crippen LogP) is 2.56. The number of carbonyl (C=O) groups is 1. The van der Waals surface area contributed by atoms with Gasteiger partial charge in [0, 0.05) is 19.7 Å². The molecule has 1 aromatic heterocycles. The fraction of sp³-hybridized carbons (Fsp3) is 0.133. The van der Waals surface area contributed by atoms with E-state index in [4.69, 9.17) is 5.84 Å². The molecule has 1 heterocycles. The largest absolute Gasteiger partial charge is 0.322 e. The number of aromatic nitrogens is 2. The van der Waals surface area contributed by atoms with Gasteiger partial charge in [-0.05, 0) is 24.6 Å². The lowest BCUT2D eigenvalue weighted by atomic mass is 10.1. The molecule has 0 unspecified atom stereocenters. The number of benzene rings is 1. The quantitative estimate of drug-likeness (QED) is 0.264. The van der Waals surface area contributed by atoms with Crippen LogP contribution in [0.5, 0.6) is 0 Å². The first-order valence-electron chi connectivity index (χ1n) is 6.76. The normalized spacial score (nSPS) is 11.7. The van der Waals surface area contributed by atoms with Gasteiger partial charge in [0.2, 0.25) is 0 Å². The van der Waals surface area contributed by atoms with Gasteiger partial charge in [-0.2, -0.15) is 15.3 Å². The molecule has 0 saturated heterocycles. The summed E-state index contributed by atoms with van der Waals surface area (Å²) < 4.78 is 0. The van der Waals surface area contributed by atoms with Crippen molar-refractivity contribution in [2.75, 3.05) is 12.4 Å². The van der Waals surface area contributed by atoms with E-state index in [9.17, 15) is 4.79 Å². The minimum Gasteiger partial charge on any atom is -0.322 e. The zero-order chi connectivity index (χ0) is 16.8. The summed E-state index contributed by atoms with van der Waals surface area (Å²) in [5.74, 6) is 5.30. The number of hydrogen-bond donors (Lipinski definition) is 3. The Hall–Kier alpha value is -3.29. The van der Waals surface area contributed by atoms with Crippen LogP contribution in [0.3, 0.4) is 0 Å². The number of nitrogens with one attached hydrogen (secondary N) is 2. The van der Waals surface area contributed by atoms with Crippen LogP contribution in [0.2, 0.25) is 0 Å². The summed E-state index contributed by atoms with van der Waals surface area (Å²) in [6.45, 7) is 5.51. The number of carbonyl (C=O) groups excluding carboxylic acids is 1. The predicted molar refractivity (Wildman–Crippen MR) is 91.4 cm³/mol. The summed E-state index contributed by atoms with van der Waals surface area (Å²) >= 11 is 0. The minimum atomic E-state index is -0.294. The lowest BCUT2D eigenvalue weighted by Gasteiger charge is -2.10. The first-order valence-corrected chi connectivity index (χ1v) is 6.76. The van der Waals surface area contributed by atoms with E-state index in [1.54, 1.807) is 12.1 Å². The average Bonchev–Trinajstić information content (AvgIpc) is 3.03. The van der Waals surface area contributed by atoms with Gasteiger partial charge in [0.25, 0.3) is 5.91 Å². The number of hydrogen-bond acceptors (Lipinski definition) is 5. The summed E-state index contributed by atoms with van der Waals surface area (Å²) in [6.07, 6.45) is 2.98. The van der Waals surface area contributed by atoms with E-state index in [-0.39, 0.29) is 13.2 Å². The number of rotatable bonds is 4. The zero-order valence-corrected chi connectivity index (χ0v) is 12.9. The smallest absolute Gasteiger partial charge is 0.259 e. The second kappa shape index (κ2) is 7.12. The van der Waals surface area contributed by atoms with E-state index in [1.165, 1.54) is 19.3 Å². The Kier molecular flexibility index (Phi) is 4.98. The van der Waals surface area contributed by atoms with Crippen molar-refractivity contribution in [1.29, 1.82) is 0 Å². The van der Waals surface area contributed by atoms with E-state index < -0.39 is 0 Å². The van der Waals surface area contributed by atoms with E-state index in [1.807, 2.05) is 13.0 Å². The van der Waals surface area contributed by atoms with Crippen molar-refractivity contribution in [1.82, 2.24) is 10.2 Å². The number of amides is 1. The van der Waals surface area contributed by atoms with Crippen molar-refractivity contribution >= 4 is 23.5 Å². The highest BCUT2D eigenvalue weighted by Gasteiger charge is 2.14. The molecule has 4 N–H and O–H groups in total. The third-order valence-corrected chi connectivity index (χ3v) is 3.18. The van der Waals surface area contributed by atoms with Crippen LogP contribution in [0, 0.1) is 6.92 Å². The number of aromatic amines is 1. The van der Waals surface area contributed by atoms with Crippen molar-refractivity contribution in [3.05, 3.63) is 53.4 Å². The minimum absolute atomic E-state index is 0. The van der Waals surface area contributed by atoms with Gasteiger partial charge < -0.3 is 11.2 Å². The first kappa shape index (κ1) is 16.1. The third kappa shape index (κ3) is 3.49. The summed E-state index contributed by atoms with van der Waals surface area (Å²) in [5.41, 5.74) is 3.12. The van der Waals surface area contributed by atoms with Crippen LogP contribution < -0.4 is 11.2 Å². The number of nitrogens with two attached hydrogens (primary N) is 1. The molecule has 0 radical (unpaired) electrons. The Labute approximate surface area is 134 Å². The van der Waals surface area contributed by atoms with E-state index in [2.05, 4.69) is 37.4 Å². The highest BCUT2D eigenvalue weighted by Crippen LogP contribution is 2.19. The van der Waals surface area contributed by atoms with Gasteiger partial charge in [0.15, 0.2) is 5.84 Å². The molecule has 0 aliphatic heterocycles. The molecule has 0 aliphatic rings. The lowest BCUT2D eigenvalue weighted by molar-refractivity contribution is 0.102. The number of anilines is 1. The monoisotopic (exact) mass is 313 g/mol. The summed E-state index contributed by atoms with van der Waals surface area (Å²) in [4.78, 5) is 12.4. The van der Waals surface area contributed by atoms with Crippen LogP contribution in [-0.2, 0) is 0 Å². The van der Waals surface area contributed by atoms with Gasteiger partial charge in [-0.3, -0.25) is 9.89 Å². The van der Waals surface area contributed by atoms with Crippen LogP contribution in [0.1, 0.15) is 28.6 Å². The maximum absolute atomic E-state index is 12.4. The Balaban J connectivity index is 0.00000288. The maximum Gasteiger partial charge on any atom is 0.259 e. The molecule has 0 spiro atoms. The van der Waals surface area contributed by atoms with Crippen LogP contribution in [0.4, 0.5) is 5.69 Å². The molecule has 0 saturated carbocycles. The van der Waals surface area contributed by atoms with E-state index in [0.29, 0.717) is 22.5 Å². The van der Waals surface area contributed by atoms with E-state index in [0.717, 1.165) is 5.56 Å². The van der Waals surface area contributed by atoms with E-state index >= 15 is 0 Å². The van der Waals surface area contributed by atoms with Gasteiger partial charge in [-0.25, -0.2) is 0 Å². The Morgan fingerprint density at radius 2 is 2.30 bits per heavy atom. The van der Waals surface area contributed by atoms with Gasteiger partial charge in [0.1, 0.15) is 0 Å². The Bertz CT molecular complexity index is 795. The van der Waals surface area contributed by atoms with Crippen molar-refractivity contribution in [2.24, 2.45) is 21.2 Å². The number of nitrogens with zero attached hydrogens (tertiary/aromatic N) is 4. The number of aryl methyl sites for hydroxylation is 1. The fourth-order valence-corrected chi connectivity index (χ4v) is 1.97. The molecule has 1 amide bonds. The molecule has 120 valence electrons. The Morgan fingerprint density at radius 3 is 2.96 bits per heavy atom.